The highest BCUT2D eigenvalue weighted by Gasteiger charge is 2.40. The van der Waals surface area contributed by atoms with Crippen molar-refractivity contribution >= 4 is 33.5 Å². The summed E-state index contributed by atoms with van der Waals surface area (Å²) in [5.74, 6) is -1.47. The zero-order valence-corrected chi connectivity index (χ0v) is 20.3. The lowest BCUT2D eigenvalue weighted by Crippen LogP contribution is -2.50. The first-order valence-corrected chi connectivity index (χ1v) is 12.9. The van der Waals surface area contributed by atoms with Crippen molar-refractivity contribution in [3.8, 4) is 0 Å². The lowest BCUT2D eigenvalue weighted by molar-refractivity contribution is -0.142. The molecule has 0 spiro atoms. The van der Waals surface area contributed by atoms with E-state index < -0.39 is 34.0 Å². The van der Waals surface area contributed by atoms with E-state index in [-0.39, 0.29) is 30.1 Å². The predicted octanol–water partition coefficient (Wildman–Crippen LogP) is 1.70. The van der Waals surface area contributed by atoms with Crippen molar-refractivity contribution in [2.75, 3.05) is 13.1 Å². The minimum Gasteiger partial charge on any atom is -0.480 e. The highest BCUT2D eigenvalue weighted by atomic mass is 32.2. The van der Waals surface area contributed by atoms with Crippen LogP contribution >= 0.6 is 0 Å². The molecule has 1 amide bonds. The molecule has 0 radical (unpaired) electrons. The van der Waals surface area contributed by atoms with Gasteiger partial charge in [-0.05, 0) is 51.2 Å². The molecule has 1 aliphatic rings. The summed E-state index contributed by atoms with van der Waals surface area (Å²) in [7, 11) is -3.88. The summed E-state index contributed by atoms with van der Waals surface area (Å²) in [6, 6.07) is 5.57. The summed E-state index contributed by atoms with van der Waals surface area (Å²) in [5, 5.41) is 12.0. The van der Waals surface area contributed by atoms with Crippen LogP contribution in [0, 0.1) is 0 Å². The van der Waals surface area contributed by atoms with Gasteiger partial charge in [-0.25, -0.2) is 13.2 Å². The second-order valence-corrected chi connectivity index (χ2v) is 10.3. The van der Waals surface area contributed by atoms with Crippen molar-refractivity contribution in [3.63, 3.8) is 0 Å². The molecule has 0 saturated carbocycles. The molecule has 4 N–H and O–H groups in total. The lowest BCUT2D eigenvalue weighted by atomic mass is 10.0. The molecule has 1 heterocycles. The van der Waals surface area contributed by atoms with E-state index in [1.54, 1.807) is 25.1 Å². The summed E-state index contributed by atoms with van der Waals surface area (Å²) in [6.45, 7) is 2.51. The molecular formula is C23H34N4O6S. The van der Waals surface area contributed by atoms with Gasteiger partial charge in [-0.2, -0.15) is 4.31 Å². The SMILES string of the molecule is CC(N)=NCCCCCC(=O)CC[C@H](NC(=O)[C@@H]1CCCN1S(=O)(=O)c1ccccc1)C(=O)O. The third kappa shape index (κ3) is 8.21. The highest BCUT2D eigenvalue weighted by Crippen LogP contribution is 2.26. The molecule has 0 aromatic heterocycles. The molecule has 2 rings (SSSR count). The van der Waals surface area contributed by atoms with Gasteiger partial charge in [-0.15, -0.1) is 0 Å². The Labute approximate surface area is 200 Å². The molecule has 11 heteroatoms. The van der Waals surface area contributed by atoms with E-state index in [4.69, 9.17) is 5.73 Å². The third-order valence-electron chi connectivity index (χ3n) is 5.66. The van der Waals surface area contributed by atoms with E-state index in [2.05, 4.69) is 10.3 Å². The number of ketones is 1. The van der Waals surface area contributed by atoms with Crippen LogP contribution in [0.1, 0.15) is 58.3 Å². The Kier molecular flexibility index (Phi) is 10.6. The van der Waals surface area contributed by atoms with Gasteiger partial charge in [0, 0.05) is 25.9 Å². The smallest absolute Gasteiger partial charge is 0.326 e. The van der Waals surface area contributed by atoms with Crippen LogP contribution in [-0.2, 0) is 24.4 Å². The normalized spacial score (nSPS) is 17.9. The number of carboxylic acid groups (broad SMARTS) is 1. The minimum atomic E-state index is -3.88. The highest BCUT2D eigenvalue weighted by molar-refractivity contribution is 7.89. The number of benzene rings is 1. The summed E-state index contributed by atoms with van der Waals surface area (Å²) in [4.78, 5) is 40.8. The van der Waals surface area contributed by atoms with Crippen LogP contribution in [0.5, 0.6) is 0 Å². The Morgan fingerprint density at radius 1 is 1.18 bits per heavy atom. The van der Waals surface area contributed by atoms with Gasteiger partial charge >= 0.3 is 5.97 Å². The number of amides is 1. The number of Topliss-reactive ketones (excluding diaryl/α,β-unsaturated/α-hetero) is 1. The van der Waals surface area contributed by atoms with Crippen molar-refractivity contribution in [3.05, 3.63) is 30.3 Å². The first kappa shape index (κ1) is 27.5. The maximum absolute atomic E-state index is 13.0. The third-order valence-corrected chi connectivity index (χ3v) is 7.58. The number of rotatable bonds is 14. The number of aliphatic carboxylic acids is 1. The first-order chi connectivity index (χ1) is 16.1. The van der Waals surface area contributed by atoms with Crippen LogP contribution < -0.4 is 11.1 Å². The van der Waals surface area contributed by atoms with Crippen LogP contribution in [0.15, 0.2) is 40.2 Å². The van der Waals surface area contributed by atoms with Gasteiger partial charge in [-0.3, -0.25) is 14.6 Å². The van der Waals surface area contributed by atoms with Crippen molar-refractivity contribution in [1.82, 2.24) is 9.62 Å². The van der Waals surface area contributed by atoms with Crippen molar-refractivity contribution in [1.29, 1.82) is 0 Å². The number of carboxylic acids is 1. The minimum absolute atomic E-state index is 0.0218. The fourth-order valence-electron chi connectivity index (χ4n) is 3.84. The number of hydrogen-bond acceptors (Lipinski definition) is 6. The zero-order chi connectivity index (χ0) is 25.1. The summed E-state index contributed by atoms with van der Waals surface area (Å²) in [5.41, 5.74) is 5.46. The van der Waals surface area contributed by atoms with E-state index in [1.807, 2.05) is 0 Å². The molecule has 1 fully saturated rings. The Bertz CT molecular complexity index is 976. The van der Waals surface area contributed by atoms with Gasteiger partial charge < -0.3 is 16.2 Å². The number of hydrogen-bond donors (Lipinski definition) is 3. The number of sulfonamides is 1. The number of unbranched alkanes of at least 4 members (excludes halogenated alkanes) is 2. The molecule has 34 heavy (non-hydrogen) atoms. The molecule has 0 aliphatic carbocycles. The molecule has 0 bridgehead atoms. The van der Waals surface area contributed by atoms with Crippen molar-refractivity contribution < 1.29 is 27.9 Å². The number of amidine groups is 1. The number of aliphatic imine (C=N–C) groups is 1. The fraction of sp³-hybridized carbons (Fsp3) is 0.565. The molecular weight excluding hydrogens is 460 g/mol. The van der Waals surface area contributed by atoms with Gasteiger partial charge in [0.15, 0.2) is 0 Å². The second kappa shape index (κ2) is 13.2. The predicted molar refractivity (Wildman–Crippen MR) is 128 cm³/mol. The second-order valence-electron chi connectivity index (χ2n) is 8.40. The lowest BCUT2D eigenvalue weighted by Gasteiger charge is -2.25. The molecule has 2 atom stereocenters. The maximum Gasteiger partial charge on any atom is 0.326 e. The van der Waals surface area contributed by atoms with Crippen molar-refractivity contribution in [2.24, 2.45) is 10.7 Å². The average molecular weight is 495 g/mol. The monoisotopic (exact) mass is 494 g/mol. The maximum atomic E-state index is 13.0. The molecule has 1 aromatic rings. The topological polar surface area (TPSA) is 159 Å². The van der Waals surface area contributed by atoms with Gasteiger partial charge in [0.2, 0.25) is 15.9 Å². The Morgan fingerprint density at radius 2 is 1.88 bits per heavy atom. The van der Waals surface area contributed by atoms with Crippen LogP contribution in [-0.4, -0.2) is 66.5 Å². The van der Waals surface area contributed by atoms with Crippen molar-refractivity contribution in [2.45, 2.75) is 75.3 Å². The summed E-state index contributed by atoms with van der Waals surface area (Å²) >= 11 is 0. The summed E-state index contributed by atoms with van der Waals surface area (Å²) < 4.78 is 27.0. The van der Waals surface area contributed by atoms with E-state index in [1.165, 1.54) is 12.1 Å². The zero-order valence-electron chi connectivity index (χ0n) is 19.5. The Hall–Kier alpha value is -2.79. The number of carbonyl (C=O) groups excluding carboxylic acids is 2. The van der Waals surface area contributed by atoms with Crippen LogP contribution in [0.2, 0.25) is 0 Å². The molecule has 1 aromatic carbocycles. The van der Waals surface area contributed by atoms with Gasteiger partial charge in [0.1, 0.15) is 17.9 Å². The molecule has 0 unspecified atom stereocenters. The molecule has 188 valence electrons. The van der Waals surface area contributed by atoms with E-state index >= 15 is 0 Å². The summed E-state index contributed by atoms with van der Waals surface area (Å²) in [6.07, 6.45) is 3.42. The van der Waals surface area contributed by atoms with Crippen LogP contribution in [0.4, 0.5) is 0 Å². The Balaban J connectivity index is 1.87. The fourth-order valence-corrected chi connectivity index (χ4v) is 5.52. The van der Waals surface area contributed by atoms with E-state index in [0.29, 0.717) is 38.1 Å². The van der Waals surface area contributed by atoms with Crippen LogP contribution in [0.25, 0.3) is 0 Å². The number of nitrogens with two attached hydrogens (primary N) is 1. The van der Waals surface area contributed by atoms with Crippen LogP contribution in [0.3, 0.4) is 0 Å². The standard InChI is InChI=1S/C23H34N4O6S/c1-17(24)25-15-7-3-4-9-18(28)13-14-20(23(30)31)26-22(29)21-12-8-16-27(21)34(32,33)19-10-5-2-6-11-19/h2,5-6,10-11,20-21H,3-4,7-9,12-16H2,1H3,(H2,24,25)(H,26,29)(H,30,31)/t20-,21-/m0/s1. The first-order valence-electron chi connectivity index (χ1n) is 11.5. The molecule has 1 aliphatic heterocycles. The number of carbonyl (C=O) groups is 3. The quantitative estimate of drug-likeness (QED) is 0.202. The van der Waals surface area contributed by atoms with Gasteiger partial charge in [0.25, 0.3) is 0 Å². The van der Waals surface area contributed by atoms with Gasteiger partial charge in [0.05, 0.1) is 10.7 Å². The van der Waals surface area contributed by atoms with Gasteiger partial charge in [-0.1, -0.05) is 24.6 Å². The van der Waals surface area contributed by atoms with E-state index in [0.717, 1.165) is 17.1 Å². The number of nitrogens with one attached hydrogen (secondary N) is 1. The molecule has 10 nitrogen and oxygen atoms in total. The average Bonchev–Trinajstić information content (AvgIpc) is 3.30. The largest absolute Gasteiger partial charge is 0.480 e. The Morgan fingerprint density at radius 3 is 2.53 bits per heavy atom. The number of nitrogens with zero attached hydrogens (tertiary/aromatic N) is 2. The van der Waals surface area contributed by atoms with E-state index in [9.17, 15) is 27.9 Å². The molecule has 1 saturated heterocycles.